The second-order valence-electron chi connectivity index (χ2n) is 7.70. The number of hydrogen-bond donors (Lipinski definition) is 3. The van der Waals surface area contributed by atoms with Crippen molar-refractivity contribution in [1.82, 2.24) is 10.6 Å². The van der Waals surface area contributed by atoms with Gasteiger partial charge in [0.2, 0.25) is 10.0 Å². The number of primary sulfonamides is 1. The van der Waals surface area contributed by atoms with Gasteiger partial charge in [-0.05, 0) is 53.4 Å². The van der Waals surface area contributed by atoms with Gasteiger partial charge in [0.05, 0.1) is 10.5 Å². The molecule has 2 amide bonds. The number of hydrogen-bond acceptors (Lipinski definition) is 5. The predicted molar refractivity (Wildman–Crippen MR) is 120 cm³/mol. The molecule has 3 aromatic carbocycles. The third-order valence-corrected chi connectivity index (χ3v) is 6.03. The fourth-order valence-electron chi connectivity index (χ4n) is 3.23. The number of carbonyl (C=O) groups is 2. The van der Waals surface area contributed by atoms with E-state index in [0.717, 1.165) is 23.6 Å². The molecule has 1 saturated carbocycles. The maximum Gasteiger partial charge on any atom is 0.258 e. The minimum atomic E-state index is -3.77. The molecule has 166 valence electrons. The summed E-state index contributed by atoms with van der Waals surface area (Å²) >= 11 is 0. The Balaban J connectivity index is 1.50. The zero-order chi connectivity index (χ0) is 22.7. The number of ether oxygens (including phenoxy) is 1. The molecule has 3 aromatic rings. The summed E-state index contributed by atoms with van der Waals surface area (Å²) in [5.41, 5.74) is 1.02. The number of nitrogens with one attached hydrogen (secondary N) is 2. The smallest absolute Gasteiger partial charge is 0.258 e. The molecule has 0 bridgehead atoms. The lowest BCUT2D eigenvalue weighted by molar-refractivity contribution is -0.123. The number of nitrogens with two attached hydrogens (primary N) is 1. The highest BCUT2D eigenvalue weighted by molar-refractivity contribution is 7.89. The molecule has 0 heterocycles. The standard InChI is InChI=1S/C23H23N3O5S/c24-32(29,30)19-9-5-15(6-10-19)13-25-23(28)20-11-16-3-1-2-4-17(16)12-21(20)31-14-22(27)26-18-7-8-18/h1-6,9-12,18H,7-8,13-14H2,(H,25,28)(H,26,27)(H2,24,29,30). The first-order valence-corrected chi connectivity index (χ1v) is 11.7. The monoisotopic (exact) mass is 453 g/mol. The average molecular weight is 454 g/mol. The van der Waals surface area contributed by atoms with E-state index in [0.29, 0.717) is 16.9 Å². The van der Waals surface area contributed by atoms with Crippen LogP contribution >= 0.6 is 0 Å². The van der Waals surface area contributed by atoms with E-state index in [-0.39, 0.29) is 35.9 Å². The van der Waals surface area contributed by atoms with E-state index in [1.807, 2.05) is 24.3 Å². The molecule has 0 radical (unpaired) electrons. The number of sulfonamides is 1. The molecule has 0 saturated heterocycles. The Hall–Kier alpha value is -3.43. The highest BCUT2D eigenvalue weighted by Crippen LogP contribution is 2.26. The summed E-state index contributed by atoms with van der Waals surface area (Å²) in [4.78, 5) is 25.0. The van der Waals surface area contributed by atoms with Gasteiger partial charge in [0.15, 0.2) is 6.61 Å². The van der Waals surface area contributed by atoms with Gasteiger partial charge in [-0.3, -0.25) is 9.59 Å². The van der Waals surface area contributed by atoms with Crippen LogP contribution in [-0.2, 0) is 21.4 Å². The molecule has 1 aliphatic rings. The van der Waals surface area contributed by atoms with E-state index in [1.165, 1.54) is 12.1 Å². The second-order valence-corrected chi connectivity index (χ2v) is 9.26. The van der Waals surface area contributed by atoms with Gasteiger partial charge in [-0.25, -0.2) is 13.6 Å². The third kappa shape index (κ3) is 5.43. The van der Waals surface area contributed by atoms with Crippen molar-refractivity contribution in [2.45, 2.75) is 30.3 Å². The van der Waals surface area contributed by atoms with Crippen molar-refractivity contribution in [2.75, 3.05) is 6.61 Å². The van der Waals surface area contributed by atoms with Crippen LogP contribution in [0.25, 0.3) is 10.8 Å². The number of amides is 2. The Morgan fingerprint density at radius 3 is 2.28 bits per heavy atom. The van der Waals surface area contributed by atoms with Crippen molar-refractivity contribution in [3.05, 3.63) is 71.8 Å². The normalized spacial score (nSPS) is 13.5. The van der Waals surface area contributed by atoms with Crippen LogP contribution in [0, 0.1) is 0 Å². The van der Waals surface area contributed by atoms with Gasteiger partial charge in [-0.15, -0.1) is 0 Å². The molecule has 1 fully saturated rings. The number of fused-ring (bicyclic) bond motifs is 1. The van der Waals surface area contributed by atoms with E-state index < -0.39 is 10.0 Å². The fourth-order valence-corrected chi connectivity index (χ4v) is 3.75. The van der Waals surface area contributed by atoms with Crippen molar-refractivity contribution in [1.29, 1.82) is 0 Å². The van der Waals surface area contributed by atoms with Crippen LogP contribution in [0.2, 0.25) is 0 Å². The van der Waals surface area contributed by atoms with Crippen molar-refractivity contribution in [3.8, 4) is 5.75 Å². The van der Waals surface area contributed by atoms with Crippen molar-refractivity contribution >= 4 is 32.6 Å². The lowest BCUT2D eigenvalue weighted by Gasteiger charge is -2.14. The largest absolute Gasteiger partial charge is 0.483 e. The van der Waals surface area contributed by atoms with Crippen LogP contribution in [-0.4, -0.2) is 32.9 Å². The van der Waals surface area contributed by atoms with Gasteiger partial charge in [0.25, 0.3) is 11.8 Å². The first-order chi connectivity index (χ1) is 15.3. The number of benzene rings is 3. The Labute approximate surface area is 185 Å². The van der Waals surface area contributed by atoms with Crippen LogP contribution in [0.5, 0.6) is 5.75 Å². The minimum absolute atomic E-state index is 0.00210. The molecule has 0 aliphatic heterocycles. The fraction of sp³-hybridized carbons (Fsp3) is 0.217. The summed E-state index contributed by atoms with van der Waals surface area (Å²) < 4.78 is 28.5. The van der Waals surface area contributed by atoms with E-state index in [9.17, 15) is 18.0 Å². The molecule has 0 unspecified atom stereocenters. The average Bonchev–Trinajstić information content (AvgIpc) is 3.59. The summed E-state index contributed by atoms with van der Waals surface area (Å²) in [5, 5.41) is 12.5. The summed E-state index contributed by atoms with van der Waals surface area (Å²) in [6, 6.07) is 17.2. The van der Waals surface area contributed by atoms with Crippen LogP contribution in [0.3, 0.4) is 0 Å². The molecule has 9 heteroatoms. The first-order valence-electron chi connectivity index (χ1n) is 10.1. The molecular weight excluding hydrogens is 430 g/mol. The topological polar surface area (TPSA) is 128 Å². The quantitative estimate of drug-likeness (QED) is 0.481. The molecule has 0 aromatic heterocycles. The zero-order valence-electron chi connectivity index (χ0n) is 17.2. The summed E-state index contributed by atoms with van der Waals surface area (Å²) in [7, 11) is -3.77. The Morgan fingerprint density at radius 1 is 1.00 bits per heavy atom. The maximum absolute atomic E-state index is 12.9. The van der Waals surface area contributed by atoms with Gasteiger partial charge in [0, 0.05) is 12.6 Å². The van der Waals surface area contributed by atoms with Gasteiger partial charge >= 0.3 is 0 Å². The Bertz CT molecular complexity index is 1270. The van der Waals surface area contributed by atoms with Gasteiger partial charge in [-0.2, -0.15) is 0 Å². The molecule has 0 spiro atoms. The van der Waals surface area contributed by atoms with Gasteiger partial charge in [0.1, 0.15) is 5.75 Å². The van der Waals surface area contributed by atoms with E-state index in [1.54, 1.807) is 24.3 Å². The van der Waals surface area contributed by atoms with Crippen LogP contribution in [0.4, 0.5) is 0 Å². The lowest BCUT2D eigenvalue weighted by Crippen LogP contribution is -2.31. The predicted octanol–water partition coefficient (Wildman–Crippen LogP) is 2.07. The lowest BCUT2D eigenvalue weighted by atomic mass is 10.1. The van der Waals surface area contributed by atoms with Crippen LogP contribution < -0.4 is 20.5 Å². The second kappa shape index (κ2) is 8.97. The molecule has 4 N–H and O–H groups in total. The van der Waals surface area contributed by atoms with E-state index in [2.05, 4.69) is 10.6 Å². The minimum Gasteiger partial charge on any atom is -0.483 e. The molecule has 1 aliphatic carbocycles. The number of rotatable bonds is 8. The number of carbonyl (C=O) groups excluding carboxylic acids is 2. The SMILES string of the molecule is NS(=O)(=O)c1ccc(CNC(=O)c2cc3ccccc3cc2OCC(=O)NC2CC2)cc1. The summed E-state index contributed by atoms with van der Waals surface area (Å²) in [6.45, 7) is 0.00229. The Kier molecular flexibility index (Phi) is 6.11. The Morgan fingerprint density at radius 2 is 1.66 bits per heavy atom. The third-order valence-electron chi connectivity index (χ3n) is 5.10. The molecule has 0 atom stereocenters. The van der Waals surface area contributed by atoms with Crippen LogP contribution in [0.1, 0.15) is 28.8 Å². The van der Waals surface area contributed by atoms with Gasteiger partial charge in [-0.1, -0.05) is 36.4 Å². The summed E-state index contributed by atoms with van der Waals surface area (Å²) in [6.07, 6.45) is 1.96. The molecule has 32 heavy (non-hydrogen) atoms. The molecular formula is C23H23N3O5S. The van der Waals surface area contributed by atoms with Crippen molar-refractivity contribution in [2.24, 2.45) is 5.14 Å². The highest BCUT2D eigenvalue weighted by Gasteiger charge is 2.23. The van der Waals surface area contributed by atoms with Gasteiger partial charge < -0.3 is 15.4 Å². The van der Waals surface area contributed by atoms with Crippen molar-refractivity contribution < 1.29 is 22.7 Å². The zero-order valence-corrected chi connectivity index (χ0v) is 18.0. The molecule has 4 rings (SSSR count). The van der Waals surface area contributed by atoms with Crippen molar-refractivity contribution in [3.63, 3.8) is 0 Å². The molecule has 8 nitrogen and oxygen atoms in total. The van der Waals surface area contributed by atoms with E-state index in [4.69, 9.17) is 9.88 Å². The highest BCUT2D eigenvalue weighted by atomic mass is 32.2. The first kappa shape index (κ1) is 21.8. The van der Waals surface area contributed by atoms with E-state index >= 15 is 0 Å². The summed E-state index contributed by atoms with van der Waals surface area (Å²) in [5.74, 6) is -0.275. The maximum atomic E-state index is 12.9. The van der Waals surface area contributed by atoms with Crippen LogP contribution in [0.15, 0.2) is 65.6 Å².